The van der Waals surface area contributed by atoms with Gasteiger partial charge < -0.3 is 19.1 Å². The first-order valence-electron chi connectivity index (χ1n) is 21.8. The number of anilines is 4. The average molecular weight is 1010 g/mol. The van der Waals surface area contributed by atoms with E-state index in [1.54, 1.807) is 0 Å². The van der Waals surface area contributed by atoms with E-state index in [9.17, 15) is 0 Å². The molecule has 0 atom stereocenters. The average Bonchev–Trinajstić information content (AvgIpc) is 3.79. The Balaban J connectivity index is 0.00000544. The summed E-state index contributed by atoms with van der Waals surface area (Å²) in [5.41, 5.74) is 12.3. The Morgan fingerprint density at radius 1 is 0.508 bits per heavy atom. The Bertz CT molecular complexity index is 2930. The van der Waals surface area contributed by atoms with E-state index in [2.05, 4.69) is 225 Å². The van der Waals surface area contributed by atoms with Crippen LogP contribution < -0.4 is 14.5 Å². The van der Waals surface area contributed by atoms with Crippen molar-refractivity contribution in [3.05, 3.63) is 186 Å². The smallest absolute Gasteiger partial charge is 0.135 e. The molecule has 8 aromatic rings. The van der Waals surface area contributed by atoms with Gasteiger partial charge in [-0.1, -0.05) is 142 Å². The zero-order chi connectivity index (χ0) is 43.8. The van der Waals surface area contributed by atoms with E-state index in [1.165, 1.54) is 27.8 Å². The topological polar surface area (TPSA) is 33.5 Å². The van der Waals surface area contributed by atoms with Crippen LogP contribution in [0.3, 0.4) is 0 Å². The fraction of sp³-hybridized carbons (Fsp3) is 0.263. The van der Waals surface area contributed by atoms with Gasteiger partial charge in [0.05, 0.1) is 0 Å². The molecule has 2 aromatic heterocycles. The van der Waals surface area contributed by atoms with E-state index in [1.807, 2.05) is 24.4 Å². The maximum Gasteiger partial charge on any atom is 0.135 e. The second-order valence-corrected chi connectivity index (χ2v) is 20.4. The van der Waals surface area contributed by atoms with Crippen LogP contribution in [0.25, 0.3) is 27.6 Å². The van der Waals surface area contributed by atoms with Crippen LogP contribution in [0.5, 0.6) is 11.5 Å². The third kappa shape index (κ3) is 8.33. The number of benzene rings is 6. The number of nitrogens with zero attached hydrogens (tertiary/aromatic N) is 4. The van der Waals surface area contributed by atoms with Gasteiger partial charge in [0, 0.05) is 66.8 Å². The molecule has 3 heterocycles. The molecule has 5 nitrogen and oxygen atoms in total. The zero-order valence-corrected chi connectivity index (χ0v) is 40.6. The third-order valence-electron chi connectivity index (χ3n) is 12.5. The quantitative estimate of drug-likeness (QED) is 0.149. The molecule has 0 N–H and O–H groups in total. The van der Waals surface area contributed by atoms with Crippen molar-refractivity contribution in [3.63, 3.8) is 0 Å². The molecule has 0 spiro atoms. The van der Waals surface area contributed by atoms with Crippen LogP contribution in [0.4, 0.5) is 22.7 Å². The van der Waals surface area contributed by atoms with E-state index in [4.69, 9.17) is 9.72 Å². The Hall–Kier alpha value is -5.64. The molecule has 0 amide bonds. The Morgan fingerprint density at radius 2 is 1.13 bits per heavy atom. The van der Waals surface area contributed by atoms with Crippen LogP contribution >= 0.6 is 0 Å². The van der Waals surface area contributed by atoms with Gasteiger partial charge in [-0.2, -0.15) is 12.1 Å². The molecule has 324 valence electrons. The van der Waals surface area contributed by atoms with Crippen LogP contribution in [-0.2, 0) is 42.7 Å². The van der Waals surface area contributed by atoms with Gasteiger partial charge in [0.1, 0.15) is 5.82 Å². The molecule has 6 aromatic carbocycles. The van der Waals surface area contributed by atoms with E-state index in [-0.39, 0.29) is 42.7 Å². The van der Waals surface area contributed by atoms with E-state index >= 15 is 0 Å². The van der Waals surface area contributed by atoms with Crippen LogP contribution in [0.1, 0.15) is 104 Å². The van der Waals surface area contributed by atoms with Crippen molar-refractivity contribution >= 4 is 44.6 Å². The Morgan fingerprint density at radius 3 is 1.79 bits per heavy atom. The number of para-hydroxylation sites is 2. The normalized spacial score (nSPS) is 13.4. The van der Waals surface area contributed by atoms with Gasteiger partial charge >= 0.3 is 0 Å². The first-order valence-corrected chi connectivity index (χ1v) is 21.8. The van der Waals surface area contributed by atoms with Gasteiger partial charge in [0.2, 0.25) is 0 Å². The summed E-state index contributed by atoms with van der Waals surface area (Å²) in [5.74, 6) is 2.06. The van der Waals surface area contributed by atoms with E-state index < -0.39 is 0 Å². The van der Waals surface area contributed by atoms with Crippen molar-refractivity contribution in [3.8, 4) is 17.3 Å². The number of pyridine rings is 1. The zero-order valence-electron chi connectivity index (χ0n) is 38.4. The molecule has 6 heteroatoms. The molecule has 0 bridgehead atoms. The summed E-state index contributed by atoms with van der Waals surface area (Å²) in [5, 5.41) is 2.23. The predicted octanol–water partition coefficient (Wildman–Crippen LogP) is 15.2. The number of hydrogen-bond acceptors (Lipinski definition) is 4. The van der Waals surface area contributed by atoms with Gasteiger partial charge in [0.15, 0.2) is 0 Å². The van der Waals surface area contributed by atoms with Crippen molar-refractivity contribution in [1.29, 1.82) is 0 Å². The van der Waals surface area contributed by atoms with Gasteiger partial charge in [-0.25, -0.2) is 4.98 Å². The third-order valence-corrected chi connectivity index (χ3v) is 12.5. The van der Waals surface area contributed by atoms with Gasteiger partial charge in [-0.3, -0.25) is 0 Å². The second kappa shape index (κ2) is 16.2. The summed E-state index contributed by atoms with van der Waals surface area (Å²) in [6.45, 7) is 27.2. The van der Waals surface area contributed by atoms with Crippen LogP contribution in [0.2, 0.25) is 0 Å². The van der Waals surface area contributed by atoms with Gasteiger partial charge in [0.25, 0.3) is 0 Å². The van der Waals surface area contributed by atoms with Crippen molar-refractivity contribution in [2.24, 2.45) is 0 Å². The molecule has 0 saturated carbocycles. The van der Waals surface area contributed by atoms with Crippen LogP contribution in [-0.4, -0.2) is 9.55 Å². The summed E-state index contributed by atoms with van der Waals surface area (Å²) in [6, 6.07) is 55.1. The monoisotopic (exact) mass is 1010 g/mol. The molecule has 1 aliphatic rings. The minimum absolute atomic E-state index is 0. The van der Waals surface area contributed by atoms with Crippen LogP contribution in [0.15, 0.2) is 140 Å². The summed E-state index contributed by atoms with van der Waals surface area (Å²) in [7, 11) is 0. The summed E-state index contributed by atoms with van der Waals surface area (Å²) in [6.07, 6.45) is 1.92. The molecule has 9 rings (SSSR count). The van der Waals surface area contributed by atoms with E-state index in [0.717, 1.165) is 50.4 Å². The largest absolute Gasteiger partial charge is 0.509 e. The van der Waals surface area contributed by atoms with Gasteiger partial charge in [-0.05, 0) is 91.9 Å². The number of rotatable bonds is 7. The molecule has 1 aliphatic heterocycles. The van der Waals surface area contributed by atoms with Crippen molar-refractivity contribution in [1.82, 2.24) is 9.55 Å². The molecular weight excluding hydrogens is 952 g/mol. The number of aromatic nitrogens is 2. The number of hydrogen-bond donors (Lipinski definition) is 0. The minimum Gasteiger partial charge on any atom is -0.509 e. The second-order valence-electron chi connectivity index (χ2n) is 20.4. The maximum absolute atomic E-state index is 6.69. The number of ether oxygens (including phenoxy) is 1. The van der Waals surface area contributed by atoms with Crippen LogP contribution in [0, 0.1) is 18.8 Å². The van der Waals surface area contributed by atoms with Crippen molar-refractivity contribution in [2.75, 3.05) is 9.80 Å². The molecule has 0 radical (unpaired) electrons. The number of fused-ring (bicyclic) bond motifs is 4. The molecule has 0 fully saturated rings. The summed E-state index contributed by atoms with van der Waals surface area (Å²) in [4.78, 5) is 9.48. The van der Waals surface area contributed by atoms with Crippen molar-refractivity contribution < 1.29 is 25.8 Å². The summed E-state index contributed by atoms with van der Waals surface area (Å²) >= 11 is 0. The maximum atomic E-state index is 6.69. The minimum atomic E-state index is -0.216. The molecule has 0 unspecified atom stereocenters. The SMILES string of the molecule is CC(C)(C)c1cc(N2[CH-]N(c3[c-]c(Oc4[c-]c5c(cc4)c4ccc(C(C)(C)c6ccccc6)cc4n5-c4cc(C(C)(C)C)ccn4)ccc3)c3ccccc32)cc(C(C)(C)C)c1.[Pt]. The Kier molecular flexibility index (Phi) is 11.3. The van der Waals surface area contributed by atoms with Crippen molar-refractivity contribution in [2.45, 2.75) is 97.8 Å². The predicted molar refractivity (Wildman–Crippen MR) is 259 cm³/mol. The summed E-state index contributed by atoms with van der Waals surface area (Å²) < 4.78 is 8.95. The standard InChI is InChI=1S/C57H57N4O.Pt/c1-54(2,3)39-28-29-58-53(34-39)61-51-33-40(57(10,11)38-18-13-12-14-19-38)24-26-47(51)48-27-25-46(36-52(48)61)62-45-21-17-20-43(35-45)59-37-60(50-23-16-15-22-49(50)59)44-31-41(55(4,5)6)30-42(32-44)56(7,8)9;/h12-34,37H,1-11H3;/q-3;. The fourth-order valence-electron chi connectivity index (χ4n) is 8.52. The first-order chi connectivity index (χ1) is 29.4. The Labute approximate surface area is 389 Å². The molecule has 0 aliphatic carbocycles. The fourth-order valence-corrected chi connectivity index (χ4v) is 8.52. The van der Waals surface area contributed by atoms with E-state index in [0.29, 0.717) is 11.5 Å². The molecule has 63 heavy (non-hydrogen) atoms. The van der Waals surface area contributed by atoms with Gasteiger partial charge in [-0.15, -0.1) is 48.1 Å². The first kappa shape index (κ1) is 44.0. The molecule has 0 saturated heterocycles. The molecular formula is C57H57N4OPt-3.